The van der Waals surface area contributed by atoms with Gasteiger partial charge in [-0.1, -0.05) is 6.07 Å². The highest BCUT2D eigenvalue weighted by atomic mass is 16.3. The van der Waals surface area contributed by atoms with Gasteiger partial charge in [0.05, 0.1) is 5.69 Å². The van der Waals surface area contributed by atoms with E-state index in [1.165, 1.54) is 6.39 Å². The summed E-state index contributed by atoms with van der Waals surface area (Å²) in [7, 11) is 3.93. The van der Waals surface area contributed by atoms with E-state index in [2.05, 4.69) is 11.1 Å². The van der Waals surface area contributed by atoms with Crippen LogP contribution in [0.4, 0.5) is 0 Å². The number of fused-ring (bicyclic) bond motifs is 4. The summed E-state index contributed by atoms with van der Waals surface area (Å²) in [5.74, 6) is 0.704. The molecule has 0 aromatic carbocycles. The van der Waals surface area contributed by atoms with Crippen molar-refractivity contribution in [2.45, 2.75) is 32.4 Å². The summed E-state index contributed by atoms with van der Waals surface area (Å²) < 4.78 is 7.21. The number of rotatable bonds is 3. The molecule has 1 fully saturated rings. The van der Waals surface area contributed by atoms with Crippen molar-refractivity contribution >= 4 is 5.91 Å². The fourth-order valence-corrected chi connectivity index (χ4v) is 4.27. The Bertz CT molecular complexity index is 898. The topological polar surface area (TPSA) is 71.6 Å². The molecular formula is C19H24N4O3. The Kier molecular flexibility index (Phi) is 4.19. The van der Waals surface area contributed by atoms with Crippen LogP contribution in [-0.4, -0.2) is 52.4 Å². The number of pyridine rings is 1. The molecule has 2 atom stereocenters. The molecule has 26 heavy (non-hydrogen) atoms. The smallest absolute Gasteiger partial charge is 0.291 e. The molecule has 2 aromatic heterocycles. The Balaban J connectivity index is 1.62. The lowest BCUT2D eigenvalue weighted by molar-refractivity contribution is 0.0562. The summed E-state index contributed by atoms with van der Waals surface area (Å²) in [6.07, 6.45) is 2.33. The first-order valence-corrected chi connectivity index (χ1v) is 9.00. The van der Waals surface area contributed by atoms with E-state index in [1.54, 1.807) is 6.92 Å². The highest BCUT2D eigenvalue weighted by Crippen LogP contribution is 2.35. The van der Waals surface area contributed by atoms with E-state index in [1.807, 2.05) is 34.5 Å². The third-order valence-corrected chi connectivity index (χ3v) is 5.40. The van der Waals surface area contributed by atoms with Gasteiger partial charge >= 0.3 is 0 Å². The zero-order chi connectivity index (χ0) is 18.4. The lowest BCUT2D eigenvalue weighted by Crippen LogP contribution is -2.49. The first-order chi connectivity index (χ1) is 12.4. The second-order valence-electron chi connectivity index (χ2n) is 7.71. The predicted molar refractivity (Wildman–Crippen MR) is 96.1 cm³/mol. The van der Waals surface area contributed by atoms with Crippen LogP contribution in [0.1, 0.15) is 39.8 Å². The molecule has 2 aliphatic heterocycles. The molecule has 0 N–H and O–H groups in total. The van der Waals surface area contributed by atoms with E-state index in [-0.39, 0.29) is 17.4 Å². The number of oxazole rings is 1. The number of carbonyl (C=O) groups is 1. The second kappa shape index (κ2) is 6.39. The number of nitrogens with zero attached hydrogens (tertiary/aromatic N) is 4. The summed E-state index contributed by atoms with van der Waals surface area (Å²) in [4.78, 5) is 33.5. The quantitative estimate of drug-likeness (QED) is 0.833. The van der Waals surface area contributed by atoms with Gasteiger partial charge in [-0.25, -0.2) is 4.98 Å². The number of carbonyl (C=O) groups excluding carboxylic acids is 1. The molecule has 138 valence electrons. The summed E-state index contributed by atoms with van der Waals surface area (Å²) in [5, 5.41) is 0. The van der Waals surface area contributed by atoms with Crippen molar-refractivity contribution in [2.75, 3.05) is 27.2 Å². The van der Waals surface area contributed by atoms with Gasteiger partial charge in [-0.2, -0.15) is 0 Å². The molecule has 2 aromatic rings. The molecule has 7 heteroatoms. The Morgan fingerprint density at radius 1 is 1.31 bits per heavy atom. The highest BCUT2D eigenvalue weighted by Gasteiger charge is 2.37. The molecular weight excluding hydrogens is 332 g/mol. The average molecular weight is 356 g/mol. The van der Waals surface area contributed by atoms with Gasteiger partial charge in [0.25, 0.3) is 11.5 Å². The average Bonchev–Trinajstić information content (AvgIpc) is 3.02. The molecule has 2 bridgehead atoms. The van der Waals surface area contributed by atoms with Crippen LogP contribution < -0.4 is 5.56 Å². The van der Waals surface area contributed by atoms with Crippen LogP contribution in [0.2, 0.25) is 0 Å². The van der Waals surface area contributed by atoms with Crippen LogP contribution in [0.5, 0.6) is 0 Å². The molecule has 0 unspecified atom stereocenters. The Labute approximate surface area is 152 Å². The summed E-state index contributed by atoms with van der Waals surface area (Å²) >= 11 is 0. The van der Waals surface area contributed by atoms with Crippen LogP contribution >= 0.6 is 0 Å². The maximum absolute atomic E-state index is 12.9. The molecule has 7 nitrogen and oxygen atoms in total. The predicted octanol–water partition coefficient (Wildman–Crippen LogP) is 1.47. The van der Waals surface area contributed by atoms with Gasteiger partial charge in [-0.3, -0.25) is 9.59 Å². The lowest BCUT2D eigenvalue weighted by atomic mass is 9.83. The number of amides is 1. The first-order valence-electron chi connectivity index (χ1n) is 9.00. The third kappa shape index (κ3) is 2.86. The fourth-order valence-electron chi connectivity index (χ4n) is 4.27. The van der Waals surface area contributed by atoms with Crippen molar-refractivity contribution in [1.29, 1.82) is 0 Å². The number of hydrogen-bond acceptors (Lipinski definition) is 5. The van der Waals surface area contributed by atoms with E-state index in [4.69, 9.17) is 4.42 Å². The number of aromatic nitrogens is 2. The van der Waals surface area contributed by atoms with Crippen molar-refractivity contribution < 1.29 is 9.21 Å². The number of piperidine rings is 1. The second-order valence-corrected chi connectivity index (χ2v) is 7.71. The van der Waals surface area contributed by atoms with Crippen molar-refractivity contribution in [2.24, 2.45) is 5.92 Å². The van der Waals surface area contributed by atoms with E-state index in [0.29, 0.717) is 43.6 Å². The summed E-state index contributed by atoms with van der Waals surface area (Å²) in [6.45, 7) is 4.36. The number of aryl methyl sites for hydroxylation is 1. The minimum atomic E-state index is -0.102. The standard InChI is InChI=1S/C19H24N4O3/c1-12-17(26-11-20-12)19(25)22-7-13-6-15(10-22)16-5-4-14(9-21(2)3)18(24)23(16)8-13/h4-5,11,13,15H,6-10H2,1-3H3/t13-,15+/m0/s1. The first kappa shape index (κ1) is 17.0. The third-order valence-electron chi connectivity index (χ3n) is 5.40. The highest BCUT2D eigenvalue weighted by molar-refractivity contribution is 5.92. The van der Waals surface area contributed by atoms with Gasteiger partial charge < -0.3 is 18.8 Å². The van der Waals surface area contributed by atoms with Crippen molar-refractivity contribution in [3.63, 3.8) is 0 Å². The van der Waals surface area contributed by atoms with Gasteiger partial charge in [-0.05, 0) is 39.4 Å². The van der Waals surface area contributed by atoms with Gasteiger partial charge in [0.1, 0.15) is 0 Å². The van der Waals surface area contributed by atoms with E-state index in [0.717, 1.165) is 17.7 Å². The van der Waals surface area contributed by atoms with Gasteiger partial charge in [-0.15, -0.1) is 0 Å². The van der Waals surface area contributed by atoms with Crippen LogP contribution in [0.15, 0.2) is 27.7 Å². The normalized spacial score (nSPS) is 21.8. The zero-order valence-corrected chi connectivity index (χ0v) is 15.4. The monoisotopic (exact) mass is 356 g/mol. The van der Waals surface area contributed by atoms with Crippen LogP contribution in [0, 0.1) is 12.8 Å². The van der Waals surface area contributed by atoms with Crippen LogP contribution in [0.25, 0.3) is 0 Å². The summed E-state index contributed by atoms with van der Waals surface area (Å²) in [5.41, 5.74) is 2.59. The van der Waals surface area contributed by atoms with Crippen LogP contribution in [0.3, 0.4) is 0 Å². The Morgan fingerprint density at radius 3 is 2.81 bits per heavy atom. The fraction of sp³-hybridized carbons (Fsp3) is 0.526. The minimum Gasteiger partial charge on any atom is -0.438 e. The summed E-state index contributed by atoms with van der Waals surface area (Å²) in [6, 6.07) is 4.00. The largest absolute Gasteiger partial charge is 0.438 e. The van der Waals surface area contributed by atoms with Crippen molar-refractivity contribution in [3.8, 4) is 0 Å². The number of likely N-dealkylation sites (tertiary alicyclic amines) is 1. The maximum Gasteiger partial charge on any atom is 0.291 e. The van der Waals surface area contributed by atoms with Gasteiger partial charge in [0.2, 0.25) is 5.76 Å². The molecule has 0 radical (unpaired) electrons. The van der Waals surface area contributed by atoms with Gasteiger partial charge in [0.15, 0.2) is 6.39 Å². The SMILES string of the molecule is Cc1ncoc1C(=O)N1C[C@@H]2C[C@H](C1)c1ccc(CN(C)C)c(=O)n1C2. The zero-order valence-electron chi connectivity index (χ0n) is 15.4. The molecule has 2 aliphatic rings. The van der Waals surface area contributed by atoms with Crippen LogP contribution in [-0.2, 0) is 13.1 Å². The van der Waals surface area contributed by atoms with Gasteiger partial charge in [0, 0.05) is 43.4 Å². The molecule has 0 aliphatic carbocycles. The molecule has 0 spiro atoms. The molecule has 1 amide bonds. The Hall–Kier alpha value is -2.41. The van der Waals surface area contributed by atoms with E-state index >= 15 is 0 Å². The molecule has 0 saturated carbocycles. The lowest BCUT2D eigenvalue weighted by Gasteiger charge is -2.42. The van der Waals surface area contributed by atoms with Crippen molar-refractivity contribution in [1.82, 2.24) is 19.4 Å². The van der Waals surface area contributed by atoms with Crippen molar-refractivity contribution in [3.05, 3.63) is 51.6 Å². The number of hydrogen-bond donors (Lipinski definition) is 0. The molecule has 4 rings (SSSR count). The maximum atomic E-state index is 12.9. The van der Waals surface area contributed by atoms with E-state index in [9.17, 15) is 9.59 Å². The van der Waals surface area contributed by atoms with E-state index < -0.39 is 0 Å². The molecule has 1 saturated heterocycles. The molecule has 4 heterocycles. The Morgan fingerprint density at radius 2 is 2.12 bits per heavy atom. The minimum absolute atomic E-state index is 0.102.